The van der Waals surface area contributed by atoms with Crippen LogP contribution < -0.4 is 10.4 Å². The monoisotopic (exact) mass is 396 g/mol. The van der Waals surface area contributed by atoms with Gasteiger partial charge in [0.2, 0.25) is 0 Å². The Morgan fingerprint density at radius 1 is 1.12 bits per heavy atom. The summed E-state index contributed by atoms with van der Waals surface area (Å²) in [5.41, 5.74) is 3.82. The smallest absolute Gasteiger partial charge is 0.0999 e. The summed E-state index contributed by atoms with van der Waals surface area (Å²) in [5.74, 6) is 0. The van der Waals surface area contributed by atoms with Crippen molar-refractivity contribution >= 4 is 27.7 Å². The molecule has 0 N–H and O–H groups in total. The van der Waals surface area contributed by atoms with Crippen molar-refractivity contribution in [3.8, 4) is 0 Å². The van der Waals surface area contributed by atoms with E-state index in [9.17, 15) is 0 Å². The van der Waals surface area contributed by atoms with Crippen molar-refractivity contribution in [3.05, 3.63) is 80.7 Å². The van der Waals surface area contributed by atoms with Crippen molar-refractivity contribution in [3.63, 3.8) is 0 Å². The summed E-state index contributed by atoms with van der Waals surface area (Å²) in [6, 6.07) is 17.1. The lowest BCUT2D eigenvalue weighted by molar-refractivity contribution is -0.107. The van der Waals surface area contributed by atoms with E-state index in [1.165, 1.54) is 31.6 Å². The van der Waals surface area contributed by atoms with Gasteiger partial charge in [0.15, 0.2) is 0 Å². The third kappa shape index (κ3) is 3.17. The third-order valence-electron chi connectivity index (χ3n) is 4.68. The van der Waals surface area contributed by atoms with Crippen molar-refractivity contribution in [2.45, 2.75) is 12.6 Å². The Bertz CT molecular complexity index is 934. The second-order valence-corrected chi connectivity index (χ2v) is 7.61. The zero-order valence-electron chi connectivity index (χ0n) is 14.4. The number of hydrogen-bond acceptors (Lipinski definition) is 3. The maximum Gasteiger partial charge on any atom is 0.0999 e. The molecule has 2 aromatic rings. The highest BCUT2D eigenvalue weighted by molar-refractivity contribution is 9.11. The maximum absolute atomic E-state index is 6.03. The second-order valence-electron chi connectivity index (χ2n) is 6.70. The molecule has 0 saturated heterocycles. The number of rotatable bonds is 4. The molecule has 0 saturated carbocycles. The lowest BCUT2D eigenvalue weighted by Crippen LogP contribution is -2.44. The number of likely N-dealkylation sites (N-methyl/N-ethyl adjacent to an activating group) is 1. The fourth-order valence-electron chi connectivity index (χ4n) is 3.59. The Balaban J connectivity index is 1.68. The van der Waals surface area contributed by atoms with Crippen LogP contribution in [-0.2, 0) is 11.4 Å². The van der Waals surface area contributed by atoms with E-state index in [0.717, 1.165) is 6.54 Å². The molecule has 4 rings (SSSR count). The van der Waals surface area contributed by atoms with Gasteiger partial charge in [0.05, 0.1) is 19.2 Å². The average Bonchev–Trinajstić information content (AvgIpc) is 2.60. The number of hydrogen-bond donors (Lipinski definition) is 0. The van der Waals surface area contributed by atoms with Gasteiger partial charge in [-0.15, -0.1) is 0 Å². The first-order valence-electron chi connectivity index (χ1n) is 8.44. The molecule has 4 heteroatoms. The first kappa shape index (κ1) is 16.6. The molecule has 0 spiro atoms. The quantitative estimate of drug-likeness (QED) is 0.789. The molecule has 0 aromatic heterocycles. The van der Waals surface area contributed by atoms with Crippen molar-refractivity contribution < 1.29 is 4.84 Å². The molecular formula is C21H21BrN2O. The molecule has 2 aromatic carbocycles. The summed E-state index contributed by atoms with van der Waals surface area (Å²) in [4.78, 5) is 8.27. The highest BCUT2D eigenvalue weighted by Gasteiger charge is 2.26. The van der Waals surface area contributed by atoms with E-state index >= 15 is 0 Å². The molecule has 25 heavy (non-hydrogen) atoms. The summed E-state index contributed by atoms with van der Waals surface area (Å²) >= 11 is 3.78. The van der Waals surface area contributed by atoms with Gasteiger partial charge in [-0.1, -0.05) is 64.5 Å². The van der Waals surface area contributed by atoms with Crippen LogP contribution in [0.25, 0.3) is 11.8 Å². The van der Waals surface area contributed by atoms with Gasteiger partial charge in [-0.25, -0.2) is 0 Å². The Labute approximate surface area is 156 Å². The Hall–Kier alpha value is -1.88. The SMILES string of the molecule is CN(C)C1C(Br)=CC2=c3c1cccc3=CN(OCc1ccccc1)C2. The minimum Gasteiger partial charge on any atom is -0.298 e. The van der Waals surface area contributed by atoms with E-state index in [4.69, 9.17) is 4.84 Å². The van der Waals surface area contributed by atoms with Gasteiger partial charge in [0, 0.05) is 15.9 Å². The molecule has 3 nitrogen and oxygen atoms in total. The van der Waals surface area contributed by atoms with Crippen molar-refractivity contribution in [2.24, 2.45) is 0 Å². The summed E-state index contributed by atoms with van der Waals surface area (Å²) < 4.78 is 1.20. The van der Waals surface area contributed by atoms with Crippen LogP contribution in [0.1, 0.15) is 17.2 Å². The Morgan fingerprint density at radius 2 is 1.92 bits per heavy atom. The first-order valence-corrected chi connectivity index (χ1v) is 9.24. The van der Waals surface area contributed by atoms with E-state index in [2.05, 4.69) is 77.5 Å². The zero-order valence-corrected chi connectivity index (χ0v) is 16.0. The molecule has 1 unspecified atom stereocenters. The Kier molecular flexibility index (Phi) is 4.50. The number of halogens is 1. The molecule has 0 radical (unpaired) electrons. The van der Waals surface area contributed by atoms with E-state index < -0.39 is 0 Å². The van der Waals surface area contributed by atoms with Crippen LogP contribution in [0, 0.1) is 0 Å². The van der Waals surface area contributed by atoms with Gasteiger partial charge in [-0.05, 0) is 42.1 Å². The van der Waals surface area contributed by atoms with Crippen LogP contribution in [0.4, 0.5) is 0 Å². The molecule has 1 aliphatic heterocycles. The van der Waals surface area contributed by atoms with E-state index in [0.29, 0.717) is 6.61 Å². The molecule has 1 atom stereocenters. The lowest BCUT2D eigenvalue weighted by Gasteiger charge is -2.32. The van der Waals surface area contributed by atoms with E-state index in [1.807, 2.05) is 23.3 Å². The molecule has 1 aliphatic carbocycles. The predicted molar refractivity (Wildman–Crippen MR) is 105 cm³/mol. The summed E-state index contributed by atoms with van der Waals surface area (Å²) in [6.45, 7) is 1.33. The van der Waals surface area contributed by atoms with Crippen LogP contribution >= 0.6 is 15.9 Å². The number of benzene rings is 2. The largest absolute Gasteiger partial charge is 0.298 e. The molecule has 0 bridgehead atoms. The second kappa shape index (κ2) is 6.79. The van der Waals surface area contributed by atoms with Gasteiger partial charge in [-0.2, -0.15) is 0 Å². The van der Waals surface area contributed by atoms with Crippen LogP contribution in [0.15, 0.2) is 59.1 Å². The van der Waals surface area contributed by atoms with Crippen molar-refractivity contribution in [2.75, 3.05) is 20.6 Å². The minimum atomic E-state index is 0.267. The molecule has 128 valence electrons. The first-order chi connectivity index (χ1) is 12.1. The fraction of sp³-hybridized carbons (Fsp3) is 0.238. The zero-order chi connectivity index (χ0) is 17.4. The van der Waals surface area contributed by atoms with E-state index in [-0.39, 0.29) is 6.04 Å². The topological polar surface area (TPSA) is 15.7 Å². The Morgan fingerprint density at radius 3 is 2.68 bits per heavy atom. The van der Waals surface area contributed by atoms with Crippen LogP contribution in [0.3, 0.4) is 0 Å². The molecule has 0 amide bonds. The minimum absolute atomic E-state index is 0.267. The van der Waals surface area contributed by atoms with Gasteiger partial charge in [0.1, 0.15) is 0 Å². The van der Waals surface area contributed by atoms with Gasteiger partial charge in [-0.3, -0.25) is 14.8 Å². The van der Waals surface area contributed by atoms with Gasteiger partial charge in [0.25, 0.3) is 0 Å². The molecule has 1 heterocycles. The maximum atomic E-state index is 6.03. The van der Waals surface area contributed by atoms with Crippen LogP contribution in [-0.4, -0.2) is 30.6 Å². The van der Waals surface area contributed by atoms with Gasteiger partial charge >= 0.3 is 0 Å². The van der Waals surface area contributed by atoms with Crippen molar-refractivity contribution in [1.82, 2.24) is 9.96 Å². The highest BCUT2D eigenvalue weighted by Crippen LogP contribution is 2.33. The highest BCUT2D eigenvalue weighted by atomic mass is 79.9. The number of hydroxylamine groups is 2. The van der Waals surface area contributed by atoms with Crippen molar-refractivity contribution in [1.29, 1.82) is 0 Å². The standard InChI is InChI=1S/C21H21BrN2O/c1-23(2)21-18-10-6-9-16-12-24(13-17(20(16)18)11-19(21)22)25-14-15-7-4-3-5-8-15/h3-12,21H,13-14H2,1-2H3. The van der Waals surface area contributed by atoms with Crippen LogP contribution in [0.2, 0.25) is 0 Å². The van der Waals surface area contributed by atoms with E-state index in [1.54, 1.807) is 0 Å². The molecular weight excluding hydrogens is 376 g/mol. The summed E-state index contributed by atoms with van der Waals surface area (Å²) in [7, 11) is 4.23. The van der Waals surface area contributed by atoms with Gasteiger partial charge < -0.3 is 0 Å². The number of nitrogens with zero attached hydrogens (tertiary/aromatic N) is 2. The molecule has 2 aliphatic rings. The lowest BCUT2D eigenvalue weighted by atomic mass is 9.92. The fourth-order valence-corrected chi connectivity index (χ4v) is 4.53. The third-order valence-corrected chi connectivity index (χ3v) is 5.35. The van der Waals surface area contributed by atoms with Crippen LogP contribution in [0.5, 0.6) is 0 Å². The predicted octanol–water partition coefficient (Wildman–Crippen LogP) is 2.92. The average molecular weight is 397 g/mol. The summed E-state index contributed by atoms with van der Waals surface area (Å²) in [5, 5.41) is 4.51. The molecule has 0 fully saturated rings. The normalized spacial score (nSPS) is 18.7. The summed E-state index contributed by atoms with van der Waals surface area (Å²) in [6.07, 6.45) is 4.37.